The zero-order chi connectivity index (χ0) is 28.6. The summed E-state index contributed by atoms with van der Waals surface area (Å²) in [6, 6.07) is 1.68. The van der Waals surface area contributed by atoms with Crippen LogP contribution in [-0.4, -0.2) is 74.0 Å². The number of aliphatic carboxylic acids is 1. The monoisotopic (exact) mass is 565 g/mol. The molecule has 5 N–H and O–H groups in total. The minimum atomic E-state index is -1.34. The van der Waals surface area contributed by atoms with E-state index in [9.17, 15) is 29.1 Å². The number of carbonyl (C=O) groups excluding carboxylic acids is 4. The summed E-state index contributed by atoms with van der Waals surface area (Å²) >= 11 is 1.04. The molecule has 0 radical (unpaired) electrons. The van der Waals surface area contributed by atoms with E-state index in [2.05, 4.69) is 30.6 Å². The van der Waals surface area contributed by atoms with Gasteiger partial charge >= 0.3 is 11.9 Å². The summed E-state index contributed by atoms with van der Waals surface area (Å²) in [5.74, 6) is -3.92. The molecule has 14 nitrogen and oxygen atoms in total. The normalized spacial score (nSPS) is 21.8. The van der Waals surface area contributed by atoms with Crippen LogP contribution in [-0.2, 0) is 28.8 Å². The molecule has 0 aliphatic carbocycles. The molecule has 5 heterocycles. The average molecular weight is 566 g/mol. The highest BCUT2D eigenvalue weighted by atomic mass is 32.1. The summed E-state index contributed by atoms with van der Waals surface area (Å²) in [4.78, 5) is 76.8. The van der Waals surface area contributed by atoms with Gasteiger partial charge in [0.05, 0.1) is 6.04 Å². The molecule has 3 aliphatic rings. The van der Waals surface area contributed by atoms with Crippen molar-refractivity contribution in [1.29, 1.82) is 0 Å². The summed E-state index contributed by atoms with van der Waals surface area (Å²) in [6.07, 6.45) is 4.03. The molecule has 0 unspecified atom stereocenters. The van der Waals surface area contributed by atoms with Gasteiger partial charge in [0.15, 0.2) is 10.8 Å². The van der Waals surface area contributed by atoms with Gasteiger partial charge in [0.1, 0.15) is 17.4 Å². The van der Waals surface area contributed by atoms with Crippen LogP contribution in [0, 0.1) is 0 Å². The van der Waals surface area contributed by atoms with E-state index >= 15 is 0 Å². The molecule has 3 amide bonds. The summed E-state index contributed by atoms with van der Waals surface area (Å²) in [5, 5.41) is 20.7. The third-order valence-corrected chi connectivity index (χ3v) is 7.33. The first-order chi connectivity index (χ1) is 19.2. The average Bonchev–Trinajstić information content (AvgIpc) is 3.55. The summed E-state index contributed by atoms with van der Waals surface area (Å²) in [5.41, 5.74) is 6.86. The Morgan fingerprint density at radius 3 is 2.70 bits per heavy atom. The number of carbonyl (C=O) groups is 5. The number of anilines is 1. The highest BCUT2D eigenvalue weighted by Gasteiger charge is 2.54. The van der Waals surface area contributed by atoms with Gasteiger partial charge in [-0.1, -0.05) is 11.2 Å². The minimum absolute atomic E-state index is 0.0458. The summed E-state index contributed by atoms with van der Waals surface area (Å²) in [7, 11) is 0. The van der Waals surface area contributed by atoms with Crippen molar-refractivity contribution < 1.29 is 33.9 Å². The molecule has 2 atom stereocenters. The second kappa shape index (κ2) is 10.7. The van der Waals surface area contributed by atoms with Crippen LogP contribution in [0.25, 0.3) is 5.57 Å². The Balaban J connectivity index is 1.47. The van der Waals surface area contributed by atoms with Crippen LogP contribution in [0.2, 0.25) is 0 Å². The van der Waals surface area contributed by atoms with Gasteiger partial charge in [-0.05, 0) is 36.5 Å². The summed E-state index contributed by atoms with van der Waals surface area (Å²) in [6.45, 7) is 1.51. The number of allylic oxidation sites excluding steroid dienone is 2. The van der Waals surface area contributed by atoms with E-state index in [0.29, 0.717) is 41.7 Å². The molecule has 0 bridgehead atoms. The lowest BCUT2D eigenvalue weighted by Crippen LogP contribution is -2.72. The number of carboxylic acid groups (broad SMARTS) is 1. The molecule has 3 aliphatic heterocycles. The maximum Gasteiger partial charge on any atom is 0.352 e. The number of β-lactam (4-membered cyclic amide) rings is 1. The Kier molecular flexibility index (Phi) is 7.13. The third kappa shape index (κ3) is 4.82. The van der Waals surface area contributed by atoms with Crippen LogP contribution >= 0.6 is 11.3 Å². The number of amides is 3. The number of nitrogens with one attached hydrogen (secondary N) is 2. The van der Waals surface area contributed by atoms with Crippen molar-refractivity contribution in [2.24, 2.45) is 5.16 Å². The SMILES string of the molecule is CC(=O)ON=C(C(=O)N[C@@H]1C(=O)N2C(C(=O)O)=C(C(=C3CCNC3=O)c3cccnc3)CC[C@H]12)c1csc(N)n1. The van der Waals surface area contributed by atoms with Crippen molar-refractivity contribution in [2.75, 3.05) is 12.3 Å². The van der Waals surface area contributed by atoms with Gasteiger partial charge in [-0.15, -0.1) is 11.3 Å². The van der Waals surface area contributed by atoms with Crippen LogP contribution in [0.1, 0.15) is 37.4 Å². The molecule has 15 heteroatoms. The number of hydrogen-bond donors (Lipinski definition) is 4. The fourth-order valence-electron chi connectivity index (χ4n) is 5.03. The quantitative estimate of drug-likeness (QED) is 0.118. The van der Waals surface area contributed by atoms with Crippen LogP contribution in [0.4, 0.5) is 5.13 Å². The zero-order valence-corrected chi connectivity index (χ0v) is 21.9. The molecule has 0 spiro atoms. The topological polar surface area (TPSA) is 206 Å². The number of thiazole rings is 1. The predicted octanol–water partition coefficient (Wildman–Crippen LogP) is 0.189. The van der Waals surface area contributed by atoms with Crippen molar-refractivity contribution in [1.82, 2.24) is 25.5 Å². The number of pyridine rings is 1. The molecule has 2 aromatic rings. The Bertz CT molecular complexity index is 1530. The van der Waals surface area contributed by atoms with Gasteiger partial charge in [-0.25, -0.2) is 14.6 Å². The smallest absolute Gasteiger partial charge is 0.352 e. The number of nitrogen functional groups attached to an aromatic ring is 1. The third-order valence-electron chi connectivity index (χ3n) is 6.66. The minimum Gasteiger partial charge on any atom is -0.477 e. The summed E-state index contributed by atoms with van der Waals surface area (Å²) < 4.78 is 0. The first-order valence-corrected chi connectivity index (χ1v) is 13.0. The standard InChI is InChI=1S/C25H23N7O7S/c1-11(33)39-31-18(15-10-40-25(26)29-15)22(35)30-19-16-5-4-13(20(24(37)38)32(16)23(19)36)17(12-3-2-7-27-9-12)14-6-8-28-21(14)34/h2-3,7,9-10,16,19H,4-6,8H2,1H3,(H2,26,29)(H,28,34)(H,30,35)(H,37,38)/t16-,19+/m1/s1. The van der Waals surface area contributed by atoms with Gasteiger partial charge in [-0.3, -0.25) is 24.3 Å². The first kappa shape index (κ1) is 26.7. The van der Waals surface area contributed by atoms with Crippen molar-refractivity contribution in [3.63, 3.8) is 0 Å². The fraction of sp³-hybridized carbons (Fsp3) is 0.280. The Hall–Kier alpha value is -4.92. The number of hydrogen-bond acceptors (Lipinski definition) is 11. The van der Waals surface area contributed by atoms with E-state index in [1.807, 2.05) is 0 Å². The van der Waals surface area contributed by atoms with E-state index in [1.54, 1.807) is 24.5 Å². The van der Waals surface area contributed by atoms with Gasteiger partial charge < -0.3 is 26.3 Å². The van der Waals surface area contributed by atoms with Gasteiger partial charge in [0.25, 0.3) is 11.8 Å². The lowest BCUT2D eigenvalue weighted by molar-refractivity contribution is -0.155. The van der Waals surface area contributed by atoms with Gasteiger partial charge in [0.2, 0.25) is 5.91 Å². The number of nitrogens with zero attached hydrogens (tertiary/aromatic N) is 4. The molecule has 206 valence electrons. The molecular weight excluding hydrogens is 542 g/mol. The molecule has 2 saturated heterocycles. The molecule has 2 aromatic heterocycles. The predicted molar refractivity (Wildman–Crippen MR) is 140 cm³/mol. The van der Waals surface area contributed by atoms with Crippen molar-refractivity contribution in [3.05, 3.63) is 58.0 Å². The van der Waals surface area contributed by atoms with E-state index in [4.69, 9.17) is 5.73 Å². The zero-order valence-electron chi connectivity index (χ0n) is 21.0. The van der Waals surface area contributed by atoms with E-state index in [1.165, 1.54) is 5.38 Å². The van der Waals surface area contributed by atoms with Crippen LogP contribution < -0.4 is 16.4 Å². The number of carboxylic acids is 1. The van der Waals surface area contributed by atoms with E-state index in [0.717, 1.165) is 23.2 Å². The highest BCUT2D eigenvalue weighted by Crippen LogP contribution is 2.43. The van der Waals surface area contributed by atoms with Crippen molar-refractivity contribution >= 4 is 57.4 Å². The van der Waals surface area contributed by atoms with E-state index in [-0.39, 0.29) is 34.6 Å². The van der Waals surface area contributed by atoms with Crippen LogP contribution in [0.3, 0.4) is 0 Å². The second-order valence-corrected chi connectivity index (χ2v) is 9.98. The van der Waals surface area contributed by atoms with E-state index < -0.39 is 35.8 Å². The fourth-order valence-corrected chi connectivity index (χ4v) is 5.58. The second-order valence-electron chi connectivity index (χ2n) is 9.09. The highest BCUT2D eigenvalue weighted by molar-refractivity contribution is 7.13. The number of fused-ring (bicyclic) bond motifs is 1. The van der Waals surface area contributed by atoms with Gasteiger partial charge in [0, 0.05) is 42.4 Å². The molecule has 2 fully saturated rings. The molecule has 0 aromatic carbocycles. The molecular formula is C25H23N7O7S. The Morgan fingerprint density at radius 1 is 1.30 bits per heavy atom. The van der Waals surface area contributed by atoms with Crippen LogP contribution in [0.15, 0.2) is 51.9 Å². The molecule has 5 rings (SSSR count). The number of rotatable bonds is 7. The Morgan fingerprint density at radius 2 is 2.10 bits per heavy atom. The lowest BCUT2D eigenvalue weighted by atomic mass is 9.79. The van der Waals surface area contributed by atoms with Crippen molar-refractivity contribution in [3.8, 4) is 0 Å². The maximum absolute atomic E-state index is 13.3. The molecule has 0 saturated carbocycles. The Labute approximate surface area is 230 Å². The van der Waals surface area contributed by atoms with Crippen LogP contribution in [0.5, 0.6) is 0 Å². The number of aromatic nitrogens is 2. The molecule has 40 heavy (non-hydrogen) atoms. The van der Waals surface area contributed by atoms with Crippen molar-refractivity contribution in [2.45, 2.75) is 38.3 Å². The first-order valence-electron chi connectivity index (χ1n) is 12.2. The maximum atomic E-state index is 13.3. The number of nitrogens with two attached hydrogens (primary N) is 1. The van der Waals surface area contributed by atoms with Gasteiger partial charge in [-0.2, -0.15) is 0 Å². The largest absolute Gasteiger partial charge is 0.477 e. The lowest BCUT2D eigenvalue weighted by Gasteiger charge is -2.50. The number of oxime groups is 1.